The molecule has 1 rings (SSSR count). The molecule has 0 fully saturated rings. The van der Waals surface area contributed by atoms with Crippen LogP contribution < -0.4 is 11.6 Å². The zero-order valence-electron chi connectivity index (χ0n) is 6.64. The number of nitrogens with two attached hydrogens (primary N) is 2. The maximum atomic E-state index is 5.37. The molecule has 0 unspecified atom stereocenters. The molecule has 4 N–H and O–H groups in total. The molecule has 0 aliphatic rings. The topological polar surface area (TPSA) is 95.1 Å². The summed E-state index contributed by atoms with van der Waals surface area (Å²) in [6.45, 7) is 0. The van der Waals surface area contributed by atoms with E-state index in [-0.39, 0.29) is 0 Å². The van der Waals surface area contributed by atoms with Crippen molar-refractivity contribution >= 4 is 16.9 Å². The van der Waals surface area contributed by atoms with E-state index in [1.165, 1.54) is 11.8 Å². The highest BCUT2D eigenvalue weighted by Gasteiger charge is 2.01. The van der Waals surface area contributed by atoms with Gasteiger partial charge in [-0.2, -0.15) is 5.10 Å². The van der Waals surface area contributed by atoms with Crippen LogP contribution in [0.5, 0.6) is 0 Å². The maximum Gasteiger partial charge on any atom is 0.177 e. The smallest absolute Gasteiger partial charge is 0.177 e. The third-order valence-corrected chi connectivity index (χ3v) is 2.09. The average Bonchev–Trinajstić information content (AvgIpc) is 2.47. The van der Waals surface area contributed by atoms with E-state index in [9.17, 15) is 0 Å². The van der Waals surface area contributed by atoms with Gasteiger partial charge in [0.05, 0.1) is 5.75 Å². The van der Waals surface area contributed by atoms with Crippen LogP contribution in [0.4, 0.5) is 0 Å². The van der Waals surface area contributed by atoms with Gasteiger partial charge in [0.15, 0.2) is 5.17 Å². The average molecular weight is 186 g/mol. The summed E-state index contributed by atoms with van der Waals surface area (Å²) in [6, 6.07) is 0. The number of hydrogen-bond donors (Lipinski definition) is 2. The van der Waals surface area contributed by atoms with Gasteiger partial charge in [0.25, 0.3) is 0 Å². The van der Waals surface area contributed by atoms with Crippen LogP contribution in [0.3, 0.4) is 0 Å². The second kappa shape index (κ2) is 3.96. The Bertz CT molecular complexity index is 279. The van der Waals surface area contributed by atoms with Crippen LogP contribution in [-0.4, -0.2) is 19.9 Å². The van der Waals surface area contributed by atoms with Gasteiger partial charge < -0.3 is 16.1 Å². The normalized spacial score (nSPS) is 11.9. The number of rotatable bonds is 2. The van der Waals surface area contributed by atoms with Gasteiger partial charge in [-0.15, -0.1) is 10.2 Å². The van der Waals surface area contributed by atoms with Crippen LogP contribution in [0.2, 0.25) is 0 Å². The van der Waals surface area contributed by atoms with Gasteiger partial charge in [0, 0.05) is 7.05 Å². The second-order valence-corrected chi connectivity index (χ2v) is 3.11. The maximum absolute atomic E-state index is 5.37. The lowest BCUT2D eigenvalue weighted by Crippen LogP contribution is -2.10. The van der Waals surface area contributed by atoms with Crippen LogP contribution in [0.15, 0.2) is 11.4 Å². The van der Waals surface area contributed by atoms with Crippen molar-refractivity contribution in [2.75, 3.05) is 0 Å². The molecule has 0 aromatic carbocycles. The zero-order chi connectivity index (χ0) is 8.97. The predicted molar refractivity (Wildman–Crippen MR) is 48.1 cm³/mol. The van der Waals surface area contributed by atoms with Gasteiger partial charge in [-0.25, -0.2) is 0 Å². The van der Waals surface area contributed by atoms with Gasteiger partial charge in [0.1, 0.15) is 12.2 Å². The highest BCUT2D eigenvalue weighted by Crippen LogP contribution is 2.07. The van der Waals surface area contributed by atoms with Gasteiger partial charge in [-0.1, -0.05) is 11.8 Å². The summed E-state index contributed by atoms with van der Waals surface area (Å²) < 4.78 is 1.82. The quantitative estimate of drug-likeness (QED) is 0.274. The largest absolute Gasteiger partial charge is 0.377 e. The first kappa shape index (κ1) is 8.85. The van der Waals surface area contributed by atoms with E-state index in [4.69, 9.17) is 11.6 Å². The van der Waals surface area contributed by atoms with Gasteiger partial charge in [-0.05, 0) is 0 Å². The van der Waals surface area contributed by atoms with E-state index in [2.05, 4.69) is 15.3 Å². The van der Waals surface area contributed by atoms with Crippen molar-refractivity contribution in [1.82, 2.24) is 14.8 Å². The highest BCUT2D eigenvalue weighted by atomic mass is 32.2. The Kier molecular flexibility index (Phi) is 2.92. The van der Waals surface area contributed by atoms with E-state index in [1.807, 2.05) is 11.6 Å². The molecular weight excluding hydrogens is 176 g/mol. The number of hydrogen-bond acceptors (Lipinski definition) is 5. The lowest BCUT2D eigenvalue weighted by molar-refractivity contribution is 0.850. The van der Waals surface area contributed by atoms with Crippen molar-refractivity contribution in [2.24, 2.45) is 23.7 Å². The lowest BCUT2D eigenvalue weighted by atomic mass is 10.7. The second-order valence-electron chi connectivity index (χ2n) is 2.11. The Balaban J connectivity index is 2.49. The van der Waals surface area contributed by atoms with Crippen LogP contribution in [0.1, 0.15) is 5.82 Å². The summed E-state index contributed by atoms with van der Waals surface area (Å²) in [6.07, 6.45) is 1.63. The van der Waals surface area contributed by atoms with Crippen molar-refractivity contribution < 1.29 is 0 Å². The van der Waals surface area contributed by atoms with Gasteiger partial charge in [-0.3, -0.25) is 0 Å². The molecule has 7 heteroatoms. The van der Waals surface area contributed by atoms with E-state index in [0.717, 1.165) is 5.82 Å². The fourth-order valence-corrected chi connectivity index (χ4v) is 1.23. The number of nitrogens with zero attached hydrogens (tertiary/aromatic N) is 4. The van der Waals surface area contributed by atoms with Gasteiger partial charge in [0.2, 0.25) is 0 Å². The van der Waals surface area contributed by atoms with E-state index >= 15 is 0 Å². The van der Waals surface area contributed by atoms with Crippen molar-refractivity contribution in [3.63, 3.8) is 0 Å². The first-order chi connectivity index (χ1) is 5.74. The third-order valence-electron chi connectivity index (χ3n) is 1.28. The Labute approximate surface area is 74.0 Å². The molecular formula is C5H10N6S. The van der Waals surface area contributed by atoms with Crippen molar-refractivity contribution in [3.8, 4) is 0 Å². The van der Waals surface area contributed by atoms with Crippen molar-refractivity contribution in [3.05, 3.63) is 12.2 Å². The lowest BCUT2D eigenvalue weighted by Gasteiger charge is -1.98. The molecule has 0 saturated heterocycles. The molecule has 6 nitrogen and oxygen atoms in total. The standard InChI is InChI=1S/C5H10N6S/c1-11-3-8-10-4(11)2-12-5(6)9-7/h3H,2,7H2,1H3,(H2,6,9). The Morgan fingerprint density at radius 1 is 1.83 bits per heavy atom. The SMILES string of the molecule is Cn1cnnc1CSC(N)=NN. The first-order valence-corrected chi connectivity index (χ1v) is 4.21. The molecule has 0 spiro atoms. The molecule has 0 saturated carbocycles. The predicted octanol–water partition coefficient (Wildman–Crippen LogP) is -0.763. The number of aryl methyl sites for hydroxylation is 1. The van der Waals surface area contributed by atoms with E-state index in [1.54, 1.807) is 6.33 Å². The molecule has 1 heterocycles. The monoisotopic (exact) mass is 186 g/mol. The molecule has 1 aromatic rings. The van der Waals surface area contributed by atoms with Gasteiger partial charge >= 0.3 is 0 Å². The fourth-order valence-electron chi connectivity index (χ4n) is 0.614. The third kappa shape index (κ3) is 2.12. The summed E-state index contributed by atoms with van der Waals surface area (Å²) in [5, 5.41) is 11.2. The fraction of sp³-hybridized carbons (Fsp3) is 0.400. The van der Waals surface area contributed by atoms with Crippen LogP contribution >= 0.6 is 11.8 Å². The van der Waals surface area contributed by atoms with E-state index < -0.39 is 0 Å². The molecule has 0 atom stereocenters. The zero-order valence-corrected chi connectivity index (χ0v) is 7.45. The molecule has 66 valence electrons. The Morgan fingerprint density at radius 2 is 2.58 bits per heavy atom. The minimum Gasteiger partial charge on any atom is -0.377 e. The minimum absolute atomic E-state index is 0.345. The number of hydrazone groups is 1. The van der Waals surface area contributed by atoms with Crippen molar-refractivity contribution in [2.45, 2.75) is 5.75 Å². The summed E-state index contributed by atoms with van der Waals surface area (Å²) in [4.78, 5) is 0. The van der Waals surface area contributed by atoms with Crippen molar-refractivity contribution in [1.29, 1.82) is 0 Å². The molecule has 0 radical (unpaired) electrons. The highest BCUT2D eigenvalue weighted by molar-refractivity contribution is 8.13. The number of aromatic nitrogens is 3. The number of amidine groups is 1. The van der Waals surface area contributed by atoms with Crippen LogP contribution in [0, 0.1) is 0 Å². The molecule has 0 aliphatic heterocycles. The molecule has 0 bridgehead atoms. The van der Waals surface area contributed by atoms with E-state index in [0.29, 0.717) is 10.9 Å². The summed E-state index contributed by atoms with van der Waals surface area (Å²) in [5.74, 6) is 6.42. The molecule has 0 amide bonds. The number of thioether (sulfide) groups is 1. The van der Waals surface area contributed by atoms with Crippen LogP contribution in [0.25, 0.3) is 0 Å². The summed E-state index contributed by atoms with van der Waals surface area (Å²) >= 11 is 1.33. The molecule has 12 heavy (non-hydrogen) atoms. The Morgan fingerprint density at radius 3 is 3.08 bits per heavy atom. The molecule has 1 aromatic heterocycles. The molecule has 0 aliphatic carbocycles. The van der Waals surface area contributed by atoms with Crippen LogP contribution in [-0.2, 0) is 12.8 Å². The Hall–Kier alpha value is -1.24. The summed E-state index contributed by atoms with van der Waals surface area (Å²) in [7, 11) is 1.87. The minimum atomic E-state index is 0.345. The summed E-state index contributed by atoms with van der Waals surface area (Å²) in [5.41, 5.74) is 5.37. The first-order valence-electron chi connectivity index (χ1n) is 3.23.